The molecule has 2 rings (SSSR count). The first-order chi connectivity index (χ1) is 6.79. The van der Waals surface area contributed by atoms with Crippen LogP contribution in [-0.4, -0.2) is 10.1 Å². The molecule has 0 saturated carbocycles. The minimum absolute atomic E-state index is 0.0220. The fourth-order valence-corrected chi connectivity index (χ4v) is 1.16. The van der Waals surface area contributed by atoms with E-state index in [1.165, 1.54) is 0 Å². The van der Waals surface area contributed by atoms with Gasteiger partial charge in [0.15, 0.2) is 0 Å². The average molecular weight is 172 g/mol. The smallest absolute Gasteiger partial charge is 0.124 e. The molecule has 0 atom stereocenters. The number of hydrogen-bond acceptors (Lipinski definition) is 2. The van der Waals surface area contributed by atoms with Gasteiger partial charge in [0.2, 0.25) is 0 Å². The lowest BCUT2D eigenvalue weighted by Crippen LogP contribution is -1.81. The number of aromatic nitrogens is 1. The molecule has 0 bridgehead atoms. The van der Waals surface area contributed by atoms with Gasteiger partial charge in [0, 0.05) is 11.8 Å². The van der Waals surface area contributed by atoms with Crippen LogP contribution in [0.3, 0.4) is 0 Å². The lowest BCUT2D eigenvalue weighted by Gasteiger charge is -2.01. The molecular weight excluding hydrogens is 162 g/mol. The number of benzene rings is 1. The predicted octanol–water partition coefficient (Wildman–Crippen LogP) is 2.45. The molecule has 2 heteroatoms. The average Bonchev–Trinajstić information content (AvgIpc) is 2.23. The van der Waals surface area contributed by atoms with Gasteiger partial charge in [-0.3, -0.25) is 4.98 Å². The molecule has 64 valence electrons. The van der Waals surface area contributed by atoms with E-state index in [0.717, 1.165) is 0 Å². The van der Waals surface area contributed by atoms with Crippen LogP contribution in [0.25, 0.3) is 11.3 Å². The van der Waals surface area contributed by atoms with Gasteiger partial charge >= 0.3 is 0 Å². The van der Waals surface area contributed by atoms with E-state index in [9.17, 15) is 5.11 Å². The molecule has 0 fully saturated rings. The Kier molecular flexibility index (Phi) is 1.68. The molecule has 1 N–H and O–H groups in total. The summed E-state index contributed by atoms with van der Waals surface area (Å²) in [6.45, 7) is 0. The number of pyridine rings is 1. The van der Waals surface area contributed by atoms with E-state index < -0.39 is 0 Å². The van der Waals surface area contributed by atoms with Crippen LogP contribution in [0.5, 0.6) is 5.75 Å². The fourth-order valence-electron chi connectivity index (χ4n) is 1.16. The second-order valence-electron chi connectivity index (χ2n) is 2.65. The van der Waals surface area contributed by atoms with Crippen molar-refractivity contribution in [2.75, 3.05) is 0 Å². The third-order valence-electron chi connectivity index (χ3n) is 1.78. The third kappa shape index (κ3) is 1.51. The Balaban J connectivity index is 2.58. The van der Waals surface area contributed by atoms with Crippen LogP contribution in [0.1, 0.15) is 1.37 Å². The molecule has 0 aliphatic rings. The van der Waals surface area contributed by atoms with E-state index in [-0.39, 0.29) is 11.8 Å². The fraction of sp³-hybridized carbons (Fsp3) is 0. The summed E-state index contributed by atoms with van der Waals surface area (Å²) in [5.41, 5.74) is 1.28. The maximum Gasteiger partial charge on any atom is 0.124 e. The zero-order chi connectivity index (χ0) is 9.97. The zero-order valence-electron chi connectivity index (χ0n) is 7.94. The van der Waals surface area contributed by atoms with Gasteiger partial charge < -0.3 is 5.11 Å². The number of phenolic OH excluding ortho intramolecular Hbond substituents is 1. The Morgan fingerprint density at radius 1 is 1.15 bits per heavy atom. The van der Waals surface area contributed by atoms with Crippen molar-refractivity contribution in [2.24, 2.45) is 0 Å². The molecule has 0 spiro atoms. The van der Waals surface area contributed by atoms with Crippen LogP contribution < -0.4 is 0 Å². The topological polar surface area (TPSA) is 33.1 Å². The molecule has 13 heavy (non-hydrogen) atoms. The molecule has 1 heterocycles. The quantitative estimate of drug-likeness (QED) is 0.716. The van der Waals surface area contributed by atoms with Crippen molar-refractivity contribution in [1.29, 1.82) is 0 Å². The molecule has 0 saturated heterocycles. The van der Waals surface area contributed by atoms with Gasteiger partial charge in [-0.05, 0) is 24.2 Å². The van der Waals surface area contributed by atoms with E-state index in [1.54, 1.807) is 30.5 Å². The summed E-state index contributed by atoms with van der Waals surface area (Å²) in [6.07, 6.45) is 1.66. The lowest BCUT2D eigenvalue weighted by atomic mass is 10.1. The molecule has 0 aliphatic heterocycles. The Morgan fingerprint density at radius 3 is 2.77 bits per heavy atom. The van der Waals surface area contributed by atoms with E-state index in [1.807, 2.05) is 12.1 Å². The number of rotatable bonds is 1. The monoisotopic (exact) mass is 172 g/mol. The summed E-state index contributed by atoms with van der Waals surface area (Å²) in [4.78, 5) is 4.11. The van der Waals surface area contributed by atoms with Crippen molar-refractivity contribution in [3.63, 3.8) is 0 Å². The Labute approximate surface area is 77.9 Å². The van der Waals surface area contributed by atoms with Crippen LogP contribution in [0.4, 0.5) is 0 Å². The molecule has 1 aromatic heterocycles. The van der Waals surface area contributed by atoms with Crippen LogP contribution in [0.15, 0.2) is 48.6 Å². The highest BCUT2D eigenvalue weighted by Gasteiger charge is 2.01. The molecule has 0 unspecified atom stereocenters. The van der Waals surface area contributed by atoms with E-state index >= 15 is 0 Å². The maximum absolute atomic E-state index is 9.62. The highest BCUT2D eigenvalue weighted by atomic mass is 16.3. The SMILES string of the molecule is [2H]c1cccc(-c2ccccn2)c1O. The third-order valence-corrected chi connectivity index (χ3v) is 1.78. The summed E-state index contributed by atoms with van der Waals surface area (Å²) < 4.78 is 7.43. The highest BCUT2D eigenvalue weighted by Crippen LogP contribution is 2.25. The van der Waals surface area contributed by atoms with E-state index in [2.05, 4.69) is 4.98 Å². The van der Waals surface area contributed by atoms with Gasteiger partial charge in [-0.2, -0.15) is 0 Å². The summed E-state index contributed by atoms with van der Waals surface area (Å²) in [5, 5.41) is 9.62. The second kappa shape index (κ2) is 3.27. The number of para-hydroxylation sites is 1. The number of hydrogen-bond donors (Lipinski definition) is 1. The standard InChI is InChI=1S/C11H9NO/c13-11-7-2-1-5-9(11)10-6-3-4-8-12-10/h1-8,13H/i7D. The van der Waals surface area contributed by atoms with Gasteiger partial charge in [0.25, 0.3) is 0 Å². The van der Waals surface area contributed by atoms with E-state index in [0.29, 0.717) is 11.3 Å². The molecule has 0 radical (unpaired) electrons. The first-order valence-corrected chi connectivity index (χ1v) is 3.99. The first-order valence-electron chi connectivity index (χ1n) is 4.49. The van der Waals surface area contributed by atoms with Crippen molar-refractivity contribution < 1.29 is 6.48 Å². The van der Waals surface area contributed by atoms with Crippen molar-refractivity contribution in [1.82, 2.24) is 4.98 Å². The van der Waals surface area contributed by atoms with Gasteiger partial charge in [-0.1, -0.05) is 18.2 Å². The summed E-state index contributed by atoms with van der Waals surface area (Å²) in [7, 11) is 0. The predicted molar refractivity (Wildman–Crippen MR) is 51.3 cm³/mol. The largest absolute Gasteiger partial charge is 0.507 e. The highest BCUT2D eigenvalue weighted by molar-refractivity contribution is 5.66. The molecule has 0 amide bonds. The molecule has 2 aromatic rings. The van der Waals surface area contributed by atoms with Crippen molar-refractivity contribution >= 4 is 0 Å². The maximum atomic E-state index is 9.62. The summed E-state index contributed by atoms with van der Waals surface area (Å²) in [5.74, 6) is -0.0220. The van der Waals surface area contributed by atoms with Crippen LogP contribution >= 0.6 is 0 Å². The van der Waals surface area contributed by atoms with Crippen molar-refractivity contribution in [3.05, 3.63) is 48.6 Å². The second-order valence-corrected chi connectivity index (χ2v) is 2.65. The molecule has 2 nitrogen and oxygen atoms in total. The minimum atomic E-state index is -0.0220. The summed E-state index contributed by atoms with van der Waals surface area (Å²) >= 11 is 0. The number of phenols is 1. The Morgan fingerprint density at radius 2 is 2.00 bits per heavy atom. The Bertz CT molecular complexity index is 442. The van der Waals surface area contributed by atoms with Crippen molar-refractivity contribution in [2.45, 2.75) is 0 Å². The first kappa shape index (κ1) is 6.66. The van der Waals surface area contributed by atoms with Gasteiger partial charge in [-0.25, -0.2) is 0 Å². The van der Waals surface area contributed by atoms with Crippen molar-refractivity contribution in [3.8, 4) is 17.0 Å². The molecule has 0 aliphatic carbocycles. The zero-order valence-corrected chi connectivity index (χ0v) is 6.94. The molecular formula is C11H9NO. The Hall–Kier alpha value is -1.83. The number of aromatic hydroxyl groups is 1. The number of nitrogens with zero attached hydrogens (tertiary/aromatic N) is 1. The van der Waals surface area contributed by atoms with Crippen LogP contribution in [0.2, 0.25) is 0 Å². The van der Waals surface area contributed by atoms with E-state index in [4.69, 9.17) is 1.37 Å². The minimum Gasteiger partial charge on any atom is -0.507 e. The normalized spacial score (nSPS) is 10.9. The summed E-state index contributed by atoms with van der Waals surface area (Å²) in [6, 6.07) is 10.6. The van der Waals surface area contributed by atoms with Crippen LogP contribution in [0, 0.1) is 0 Å². The van der Waals surface area contributed by atoms with Gasteiger partial charge in [0.05, 0.1) is 7.06 Å². The van der Waals surface area contributed by atoms with Gasteiger partial charge in [-0.15, -0.1) is 0 Å². The molecule has 1 aromatic carbocycles. The lowest BCUT2D eigenvalue weighted by molar-refractivity contribution is 0.477. The van der Waals surface area contributed by atoms with Gasteiger partial charge in [0.1, 0.15) is 5.75 Å². The van der Waals surface area contributed by atoms with Crippen LogP contribution in [-0.2, 0) is 0 Å².